The minimum Gasteiger partial charge on any atom is -0.489 e. The number of nitrogens with one attached hydrogen (secondary N) is 1. The zero-order valence-corrected chi connectivity index (χ0v) is 14.6. The van der Waals surface area contributed by atoms with E-state index in [1.807, 2.05) is 48.5 Å². The summed E-state index contributed by atoms with van der Waals surface area (Å²) in [4.78, 5) is 0. The summed E-state index contributed by atoms with van der Waals surface area (Å²) in [5.74, 6) is 0.655. The Bertz CT molecular complexity index is 762. The lowest BCUT2D eigenvalue weighted by molar-refractivity contribution is 0.306. The summed E-state index contributed by atoms with van der Waals surface area (Å²) in [5.41, 5.74) is 3.37. The quantitative estimate of drug-likeness (QED) is 0.634. The van der Waals surface area contributed by atoms with Gasteiger partial charge in [0, 0.05) is 13.1 Å². The van der Waals surface area contributed by atoms with Crippen LogP contribution in [0, 0.1) is 5.82 Å². The van der Waals surface area contributed by atoms with Crippen molar-refractivity contribution in [2.75, 3.05) is 0 Å². The van der Waals surface area contributed by atoms with Crippen LogP contribution >= 0.6 is 12.4 Å². The molecule has 0 aliphatic rings. The van der Waals surface area contributed by atoms with Crippen molar-refractivity contribution in [3.8, 4) is 5.75 Å². The van der Waals surface area contributed by atoms with Gasteiger partial charge in [0.2, 0.25) is 0 Å². The molecule has 0 aliphatic carbocycles. The Hall–Kier alpha value is -2.36. The lowest BCUT2D eigenvalue weighted by Gasteiger charge is -2.09. The fraction of sp³-hybridized carbons (Fsp3) is 0.143. The van der Waals surface area contributed by atoms with Crippen LogP contribution in [0.2, 0.25) is 0 Å². The topological polar surface area (TPSA) is 21.3 Å². The van der Waals surface area contributed by atoms with E-state index in [0.29, 0.717) is 13.2 Å². The summed E-state index contributed by atoms with van der Waals surface area (Å²) in [6, 6.07) is 24.7. The molecular formula is C21H21ClFNO. The predicted octanol–water partition coefficient (Wildman–Crippen LogP) is 5.12. The maximum Gasteiger partial charge on any atom is 0.123 e. The van der Waals surface area contributed by atoms with E-state index in [-0.39, 0.29) is 18.2 Å². The summed E-state index contributed by atoms with van der Waals surface area (Å²) in [6.45, 7) is 2.00. The van der Waals surface area contributed by atoms with Crippen LogP contribution in [-0.2, 0) is 19.7 Å². The average Bonchev–Trinajstić information content (AvgIpc) is 2.63. The molecule has 0 heterocycles. The van der Waals surface area contributed by atoms with Gasteiger partial charge >= 0.3 is 0 Å². The van der Waals surface area contributed by atoms with Crippen LogP contribution in [0.4, 0.5) is 4.39 Å². The summed E-state index contributed by atoms with van der Waals surface area (Å²) in [6.07, 6.45) is 0. The molecule has 130 valence electrons. The SMILES string of the molecule is Cl.Fc1ccc(CNCc2cccc(OCc3ccccc3)c2)cc1. The number of hydrogen-bond acceptors (Lipinski definition) is 2. The lowest BCUT2D eigenvalue weighted by atomic mass is 10.2. The van der Waals surface area contributed by atoms with Gasteiger partial charge in [0.05, 0.1) is 0 Å². The smallest absolute Gasteiger partial charge is 0.123 e. The van der Waals surface area contributed by atoms with E-state index in [9.17, 15) is 4.39 Å². The molecule has 0 bridgehead atoms. The van der Waals surface area contributed by atoms with Gasteiger partial charge in [-0.1, -0.05) is 54.6 Å². The van der Waals surface area contributed by atoms with Gasteiger partial charge in [-0.3, -0.25) is 0 Å². The van der Waals surface area contributed by atoms with Crippen LogP contribution < -0.4 is 10.1 Å². The van der Waals surface area contributed by atoms with Gasteiger partial charge in [0.15, 0.2) is 0 Å². The maximum absolute atomic E-state index is 12.9. The van der Waals surface area contributed by atoms with Gasteiger partial charge in [-0.15, -0.1) is 12.4 Å². The summed E-state index contributed by atoms with van der Waals surface area (Å²) in [7, 11) is 0. The fourth-order valence-corrected chi connectivity index (χ4v) is 2.44. The highest BCUT2D eigenvalue weighted by Gasteiger charge is 1.99. The summed E-state index contributed by atoms with van der Waals surface area (Å²) < 4.78 is 18.7. The normalized spacial score (nSPS) is 10.1. The van der Waals surface area contributed by atoms with E-state index in [0.717, 1.165) is 29.0 Å². The molecule has 0 aliphatic heterocycles. The molecule has 0 atom stereocenters. The molecule has 3 aromatic rings. The first kappa shape index (κ1) is 19.0. The highest BCUT2D eigenvalue weighted by Crippen LogP contribution is 2.15. The minimum atomic E-state index is -0.206. The third kappa shape index (κ3) is 6.22. The molecule has 2 nitrogen and oxygen atoms in total. The van der Waals surface area contributed by atoms with E-state index in [1.54, 1.807) is 12.1 Å². The van der Waals surface area contributed by atoms with Crippen molar-refractivity contribution < 1.29 is 9.13 Å². The van der Waals surface area contributed by atoms with Gasteiger partial charge in [-0.2, -0.15) is 0 Å². The molecule has 4 heteroatoms. The second-order valence-corrected chi connectivity index (χ2v) is 5.65. The van der Waals surface area contributed by atoms with Gasteiger partial charge in [-0.25, -0.2) is 4.39 Å². The first-order chi connectivity index (χ1) is 11.8. The molecule has 0 unspecified atom stereocenters. The first-order valence-corrected chi connectivity index (χ1v) is 8.00. The van der Waals surface area contributed by atoms with Gasteiger partial charge in [-0.05, 0) is 41.0 Å². The molecule has 0 aromatic heterocycles. The standard InChI is InChI=1S/C21H20FNO.ClH/c22-20-11-9-17(10-12-20)14-23-15-19-7-4-8-21(13-19)24-16-18-5-2-1-3-6-18;/h1-13,23H,14-16H2;1H. The molecular weight excluding hydrogens is 337 g/mol. The maximum atomic E-state index is 12.9. The second-order valence-electron chi connectivity index (χ2n) is 5.65. The van der Waals surface area contributed by atoms with Crippen molar-refractivity contribution in [3.05, 3.63) is 101 Å². The Morgan fingerprint density at radius 1 is 0.720 bits per heavy atom. The molecule has 0 fully saturated rings. The number of rotatable bonds is 7. The van der Waals surface area contributed by atoms with Crippen molar-refractivity contribution in [1.82, 2.24) is 5.32 Å². The number of hydrogen-bond donors (Lipinski definition) is 1. The number of benzene rings is 3. The Morgan fingerprint density at radius 3 is 2.16 bits per heavy atom. The van der Waals surface area contributed by atoms with Gasteiger partial charge in [0.25, 0.3) is 0 Å². The number of halogens is 2. The van der Waals surface area contributed by atoms with Crippen molar-refractivity contribution >= 4 is 12.4 Å². The summed E-state index contributed by atoms with van der Waals surface area (Å²) in [5, 5.41) is 3.36. The van der Waals surface area contributed by atoms with Crippen LogP contribution in [-0.4, -0.2) is 0 Å². The van der Waals surface area contributed by atoms with E-state index in [1.165, 1.54) is 12.1 Å². The molecule has 1 N–H and O–H groups in total. The molecule has 0 spiro atoms. The van der Waals surface area contributed by atoms with Crippen LogP contribution in [0.1, 0.15) is 16.7 Å². The summed E-state index contributed by atoms with van der Waals surface area (Å²) >= 11 is 0. The Balaban J connectivity index is 0.00000225. The Kier molecular flexibility index (Phi) is 7.45. The monoisotopic (exact) mass is 357 g/mol. The van der Waals surface area contributed by atoms with Crippen LogP contribution in [0.15, 0.2) is 78.9 Å². The third-order valence-corrected chi connectivity index (χ3v) is 3.72. The number of ether oxygens (including phenoxy) is 1. The van der Waals surface area contributed by atoms with Gasteiger partial charge < -0.3 is 10.1 Å². The van der Waals surface area contributed by atoms with Crippen LogP contribution in [0.5, 0.6) is 5.75 Å². The first-order valence-electron chi connectivity index (χ1n) is 8.00. The fourth-order valence-electron chi connectivity index (χ4n) is 2.44. The van der Waals surface area contributed by atoms with Crippen LogP contribution in [0.3, 0.4) is 0 Å². The predicted molar refractivity (Wildman–Crippen MR) is 101 cm³/mol. The van der Waals surface area contributed by atoms with Crippen molar-refractivity contribution in [3.63, 3.8) is 0 Å². The molecule has 3 aromatic carbocycles. The van der Waals surface area contributed by atoms with Crippen molar-refractivity contribution in [2.45, 2.75) is 19.7 Å². The van der Waals surface area contributed by atoms with E-state index < -0.39 is 0 Å². The molecule has 0 radical (unpaired) electrons. The third-order valence-electron chi connectivity index (χ3n) is 3.72. The lowest BCUT2D eigenvalue weighted by Crippen LogP contribution is -2.12. The van der Waals surface area contributed by atoms with Crippen molar-refractivity contribution in [1.29, 1.82) is 0 Å². The highest BCUT2D eigenvalue weighted by molar-refractivity contribution is 5.85. The second kappa shape index (κ2) is 9.82. The molecule has 0 saturated heterocycles. The van der Waals surface area contributed by atoms with E-state index in [4.69, 9.17) is 4.74 Å². The molecule has 0 amide bonds. The Labute approximate surface area is 154 Å². The van der Waals surface area contributed by atoms with Gasteiger partial charge in [0.1, 0.15) is 18.2 Å². The van der Waals surface area contributed by atoms with Crippen molar-refractivity contribution in [2.24, 2.45) is 0 Å². The van der Waals surface area contributed by atoms with E-state index in [2.05, 4.69) is 11.4 Å². The highest BCUT2D eigenvalue weighted by atomic mass is 35.5. The molecule has 25 heavy (non-hydrogen) atoms. The molecule has 0 saturated carbocycles. The van der Waals surface area contributed by atoms with Crippen LogP contribution in [0.25, 0.3) is 0 Å². The minimum absolute atomic E-state index is 0. The molecule has 3 rings (SSSR count). The average molecular weight is 358 g/mol. The zero-order chi connectivity index (χ0) is 16.6. The Morgan fingerprint density at radius 2 is 1.40 bits per heavy atom. The zero-order valence-electron chi connectivity index (χ0n) is 13.8. The largest absolute Gasteiger partial charge is 0.489 e. The van der Waals surface area contributed by atoms with E-state index >= 15 is 0 Å².